The Kier molecular flexibility index (Phi) is 5.97. The van der Waals surface area contributed by atoms with E-state index in [-0.39, 0.29) is 17.9 Å². The molecule has 1 aliphatic heterocycles. The summed E-state index contributed by atoms with van der Waals surface area (Å²) in [7, 11) is 0. The highest BCUT2D eigenvalue weighted by atomic mass is 16.5. The predicted molar refractivity (Wildman–Crippen MR) is 107 cm³/mol. The minimum Gasteiger partial charge on any atom is -0.462 e. The number of rotatable bonds is 5. The van der Waals surface area contributed by atoms with Crippen LogP contribution in [0.15, 0.2) is 24.8 Å². The van der Waals surface area contributed by atoms with Crippen LogP contribution in [0.4, 0.5) is 0 Å². The summed E-state index contributed by atoms with van der Waals surface area (Å²) in [4.78, 5) is 26.8. The molecular formula is C21H29N5O3. The number of nitrogens with zero attached hydrogens (tertiary/aromatic N) is 5. The molecule has 0 bridgehead atoms. The third-order valence-electron chi connectivity index (χ3n) is 5.97. The zero-order chi connectivity index (χ0) is 20.2. The van der Waals surface area contributed by atoms with Crippen LogP contribution in [0.1, 0.15) is 84.7 Å². The Morgan fingerprint density at radius 3 is 2.38 bits per heavy atom. The number of esters is 1. The third-order valence-corrected chi connectivity index (χ3v) is 5.97. The monoisotopic (exact) mass is 399 g/mol. The van der Waals surface area contributed by atoms with Gasteiger partial charge in [-0.2, -0.15) is 10.2 Å². The van der Waals surface area contributed by atoms with E-state index in [4.69, 9.17) is 4.74 Å². The van der Waals surface area contributed by atoms with E-state index in [2.05, 4.69) is 10.2 Å². The minimum absolute atomic E-state index is 0.0227. The second-order valence-electron chi connectivity index (χ2n) is 7.98. The summed E-state index contributed by atoms with van der Waals surface area (Å²) < 4.78 is 8.80. The van der Waals surface area contributed by atoms with Gasteiger partial charge in [0.25, 0.3) is 5.91 Å². The quantitative estimate of drug-likeness (QED) is 0.721. The molecule has 0 aromatic carbocycles. The van der Waals surface area contributed by atoms with Crippen LogP contribution in [0.5, 0.6) is 0 Å². The van der Waals surface area contributed by atoms with Gasteiger partial charge in [-0.25, -0.2) is 4.79 Å². The fourth-order valence-electron chi connectivity index (χ4n) is 4.39. The lowest BCUT2D eigenvalue weighted by molar-refractivity contribution is 0.0525. The first-order valence-corrected chi connectivity index (χ1v) is 10.7. The van der Waals surface area contributed by atoms with E-state index in [1.165, 1.54) is 25.5 Å². The molecule has 2 fully saturated rings. The van der Waals surface area contributed by atoms with E-state index in [9.17, 15) is 9.59 Å². The van der Waals surface area contributed by atoms with E-state index in [1.54, 1.807) is 24.0 Å². The SMILES string of the molecule is CCOC(=O)c1cnn(C2CCCN(C(=O)c3cnn(C4CCCCC4)c3)C2)c1. The van der Waals surface area contributed by atoms with Crippen molar-refractivity contribution >= 4 is 11.9 Å². The van der Waals surface area contributed by atoms with Gasteiger partial charge in [0, 0.05) is 25.5 Å². The number of hydrogen-bond acceptors (Lipinski definition) is 5. The molecule has 2 aromatic rings. The lowest BCUT2D eigenvalue weighted by atomic mass is 9.96. The topological polar surface area (TPSA) is 82.2 Å². The number of carbonyl (C=O) groups excluding carboxylic acids is 2. The second kappa shape index (κ2) is 8.80. The molecule has 2 aliphatic rings. The van der Waals surface area contributed by atoms with E-state index >= 15 is 0 Å². The van der Waals surface area contributed by atoms with Gasteiger partial charge >= 0.3 is 5.97 Å². The van der Waals surface area contributed by atoms with Gasteiger partial charge in [-0.05, 0) is 32.6 Å². The molecule has 0 spiro atoms. The minimum atomic E-state index is -0.363. The van der Waals surface area contributed by atoms with Crippen LogP contribution in [0.2, 0.25) is 0 Å². The molecule has 4 rings (SSSR count). The summed E-state index contributed by atoms with van der Waals surface area (Å²) in [6.45, 7) is 3.43. The Balaban J connectivity index is 1.41. The van der Waals surface area contributed by atoms with Crippen molar-refractivity contribution in [2.24, 2.45) is 0 Å². The maximum absolute atomic E-state index is 13.0. The van der Waals surface area contributed by atoms with E-state index in [1.807, 2.05) is 15.8 Å². The number of likely N-dealkylation sites (tertiary alicyclic amines) is 1. The van der Waals surface area contributed by atoms with Crippen LogP contribution in [-0.4, -0.2) is 56.0 Å². The van der Waals surface area contributed by atoms with E-state index < -0.39 is 0 Å². The zero-order valence-electron chi connectivity index (χ0n) is 17.0. The first kappa shape index (κ1) is 19.7. The second-order valence-corrected chi connectivity index (χ2v) is 7.98. The highest BCUT2D eigenvalue weighted by Crippen LogP contribution is 2.28. The molecule has 0 radical (unpaired) electrons. The molecule has 1 amide bonds. The Morgan fingerprint density at radius 1 is 0.966 bits per heavy atom. The standard InChI is InChI=1S/C21H29N5O3/c1-2-29-21(28)17-12-23-26(14-17)19-9-6-10-24(15-19)20(27)16-11-22-25(13-16)18-7-4-3-5-8-18/h11-14,18-19H,2-10,15H2,1H3. The number of carbonyl (C=O) groups is 2. The molecule has 8 heteroatoms. The first-order valence-electron chi connectivity index (χ1n) is 10.7. The normalized spacial score (nSPS) is 20.6. The maximum Gasteiger partial charge on any atom is 0.341 e. The molecule has 1 aliphatic carbocycles. The van der Waals surface area contributed by atoms with Gasteiger partial charge in [0.05, 0.1) is 42.2 Å². The molecule has 3 heterocycles. The number of ether oxygens (including phenoxy) is 1. The largest absolute Gasteiger partial charge is 0.462 e. The molecule has 1 unspecified atom stereocenters. The molecule has 1 saturated heterocycles. The smallest absolute Gasteiger partial charge is 0.341 e. The summed E-state index contributed by atoms with van der Waals surface area (Å²) in [5.41, 5.74) is 1.10. The predicted octanol–water partition coefficient (Wildman–Crippen LogP) is 3.24. The summed E-state index contributed by atoms with van der Waals surface area (Å²) in [6.07, 6.45) is 14.7. The van der Waals surface area contributed by atoms with Crippen molar-refractivity contribution < 1.29 is 14.3 Å². The van der Waals surface area contributed by atoms with Gasteiger partial charge in [0.1, 0.15) is 0 Å². The number of piperidine rings is 1. The fourth-order valence-corrected chi connectivity index (χ4v) is 4.39. The Morgan fingerprint density at radius 2 is 1.62 bits per heavy atom. The van der Waals surface area contributed by atoms with Gasteiger partial charge in [0.2, 0.25) is 0 Å². The lowest BCUT2D eigenvalue weighted by Crippen LogP contribution is -2.40. The molecule has 156 valence electrons. The van der Waals surface area contributed by atoms with Gasteiger partial charge < -0.3 is 9.64 Å². The average Bonchev–Trinajstić information content (AvgIpc) is 3.44. The Bertz CT molecular complexity index is 852. The van der Waals surface area contributed by atoms with Crippen LogP contribution < -0.4 is 0 Å². The molecule has 0 N–H and O–H groups in total. The fraction of sp³-hybridized carbons (Fsp3) is 0.619. The summed E-state index contributed by atoms with van der Waals surface area (Å²) in [5.74, 6) is -0.341. The summed E-state index contributed by atoms with van der Waals surface area (Å²) in [5, 5.41) is 8.81. The van der Waals surface area contributed by atoms with Crippen molar-refractivity contribution in [3.63, 3.8) is 0 Å². The lowest BCUT2D eigenvalue weighted by Gasteiger charge is -2.32. The zero-order valence-corrected chi connectivity index (χ0v) is 17.0. The van der Waals surface area contributed by atoms with Crippen molar-refractivity contribution in [1.29, 1.82) is 0 Å². The number of hydrogen-bond donors (Lipinski definition) is 0. The highest BCUT2D eigenvalue weighted by Gasteiger charge is 2.28. The van der Waals surface area contributed by atoms with Crippen molar-refractivity contribution in [1.82, 2.24) is 24.5 Å². The molecule has 29 heavy (non-hydrogen) atoms. The number of amides is 1. The summed E-state index contributed by atoms with van der Waals surface area (Å²) in [6, 6.07) is 0.481. The van der Waals surface area contributed by atoms with Crippen LogP contribution in [0.3, 0.4) is 0 Å². The number of aromatic nitrogens is 4. The van der Waals surface area contributed by atoms with Gasteiger partial charge in [-0.1, -0.05) is 19.3 Å². The maximum atomic E-state index is 13.0. The molecule has 2 aromatic heterocycles. The van der Waals surface area contributed by atoms with Gasteiger partial charge in [-0.3, -0.25) is 14.2 Å². The Labute approximate surface area is 170 Å². The van der Waals surface area contributed by atoms with Crippen LogP contribution in [-0.2, 0) is 4.74 Å². The van der Waals surface area contributed by atoms with Crippen LogP contribution in [0, 0.1) is 0 Å². The van der Waals surface area contributed by atoms with Crippen LogP contribution >= 0.6 is 0 Å². The molecular weight excluding hydrogens is 370 g/mol. The Hall–Kier alpha value is -2.64. The molecule has 1 atom stereocenters. The average molecular weight is 399 g/mol. The molecule has 1 saturated carbocycles. The van der Waals surface area contributed by atoms with Crippen molar-refractivity contribution in [3.8, 4) is 0 Å². The summed E-state index contributed by atoms with van der Waals surface area (Å²) >= 11 is 0. The van der Waals surface area contributed by atoms with E-state index in [0.717, 1.165) is 32.2 Å². The van der Waals surface area contributed by atoms with Crippen molar-refractivity contribution in [3.05, 3.63) is 35.9 Å². The highest BCUT2D eigenvalue weighted by molar-refractivity contribution is 5.93. The molecule has 8 nitrogen and oxygen atoms in total. The third kappa shape index (κ3) is 4.36. The van der Waals surface area contributed by atoms with Crippen molar-refractivity contribution in [2.45, 2.75) is 64.0 Å². The van der Waals surface area contributed by atoms with Gasteiger partial charge in [-0.15, -0.1) is 0 Å². The van der Waals surface area contributed by atoms with Crippen LogP contribution in [0.25, 0.3) is 0 Å². The van der Waals surface area contributed by atoms with Crippen molar-refractivity contribution in [2.75, 3.05) is 19.7 Å². The van der Waals surface area contributed by atoms with Gasteiger partial charge in [0.15, 0.2) is 0 Å². The van der Waals surface area contributed by atoms with E-state index in [0.29, 0.717) is 30.3 Å². The first-order chi connectivity index (χ1) is 14.2.